The summed E-state index contributed by atoms with van der Waals surface area (Å²) in [7, 11) is 2.04. The predicted molar refractivity (Wildman–Crippen MR) is 59.4 cm³/mol. The Morgan fingerprint density at radius 3 is 3.20 bits per heavy atom. The van der Waals surface area contributed by atoms with Gasteiger partial charge in [-0.05, 0) is 26.4 Å². The summed E-state index contributed by atoms with van der Waals surface area (Å²) >= 11 is 0. The van der Waals surface area contributed by atoms with Gasteiger partial charge in [-0.1, -0.05) is 0 Å². The van der Waals surface area contributed by atoms with Crippen molar-refractivity contribution in [3.05, 3.63) is 24.3 Å². The molecule has 15 heavy (non-hydrogen) atoms. The third-order valence-electron chi connectivity index (χ3n) is 2.92. The molecule has 0 spiro atoms. The van der Waals surface area contributed by atoms with Crippen molar-refractivity contribution in [3.63, 3.8) is 0 Å². The largest absolute Gasteiger partial charge is 0.316 e. The maximum atomic E-state index is 4.30. The SMILES string of the molecule is CNC1CCCN(Cc2cnccn2)C1. The van der Waals surface area contributed by atoms with Gasteiger partial charge in [0.05, 0.1) is 5.69 Å². The van der Waals surface area contributed by atoms with E-state index in [2.05, 4.69) is 20.2 Å². The van der Waals surface area contributed by atoms with Crippen molar-refractivity contribution < 1.29 is 0 Å². The molecule has 0 bridgehead atoms. The van der Waals surface area contributed by atoms with Crippen LogP contribution in [0.5, 0.6) is 0 Å². The van der Waals surface area contributed by atoms with Crippen molar-refractivity contribution in [2.45, 2.75) is 25.4 Å². The van der Waals surface area contributed by atoms with E-state index < -0.39 is 0 Å². The highest BCUT2D eigenvalue weighted by atomic mass is 15.2. The second-order valence-corrected chi connectivity index (χ2v) is 4.06. The van der Waals surface area contributed by atoms with Gasteiger partial charge in [0.25, 0.3) is 0 Å². The van der Waals surface area contributed by atoms with Crippen molar-refractivity contribution >= 4 is 0 Å². The zero-order valence-electron chi connectivity index (χ0n) is 9.19. The van der Waals surface area contributed by atoms with Crippen molar-refractivity contribution in [2.75, 3.05) is 20.1 Å². The molecule has 0 radical (unpaired) electrons. The first-order valence-corrected chi connectivity index (χ1v) is 5.53. The van der Waals surface area contributed by atoms with Gasteiger partial charge >= 0.3 is 0 Å². The number of hydrogen-bond donors (Lipinski definition) is 1. The van der Waals surface area contributed by atoms with Crippen LogP contribution in [0.4, 0.5) is 0 Å². The summed E-state index contributed by atoms with van der Waals surface area (Å²) < 4.78 is 0. The molecule has 1 atom stereocenters. The van der Waals surface area contributed by atoms with Gasteiger partial charge in [-0.3, -0.25) is 14.9 Å². The van der Waals surface area contributed by atoms with E-state index >= 15 is 0 Å². The topological polar surface area (TPSA) is 41.0 Å². The van der Waals surface area contributed by atoms with Crippen molar-refractivity contribution in [1.82, 2.24) is 20.2 Å². The van der Waals surface area contributed by atoms with E-state index in [4.69, 9.17) is 0 Å². The summed E-state index contributed by atoms with van der Waals surface area (Å²) in [6, 6.07) is 0.635. The predicted octanol–water partition coefficient (Wildman–Crippen LogP) is 0.660. The van der Waals surface area contributed by atoms with Gasteiger partial charge in [0, 0.05) is 37.7 Å². The van der Waals surface area contributed by atoms with Crippen molar-refractivity contribution in [3.8, 4) is 0 Å². The van der Waals surface area contributed by atoms with Crippen LogP contribution < -0.4 is 5.32 Å². The van der Waals surface area contributed by atoms with E-state index in [9.17, 15) is 0 Å². The maximum Gasteiger partial charge on any atom is 0.0726 e. The fourth-order valence-electron chi connectivity index (χ4n) is 2.08. The molecule has 1 unspecified atom stereocenters. The highest BCUT2D eigenvalue weighted by Gasteiger charge is 2.18. The molecule has 0 amide bonds. The number of piperidine rings is 1. The number of nitrogens with zero attached hydrogens (tertiary/aromatic N) is 3. The fourth-order valence-corrected chi connectivity index (χ4v) is 2.08. The average molecular weight is 206 g/mol. The second kappa shape index (κ2) is 5.19. The van der Waals surface area contributed by atoms with Gasteiger partial charge < -0.3 is 5.32 Å². The van der Waals surface area contributed by atoms with E-state index in [1.165, 1.54) is 19.4 Å². The molecule has 1 aromatic heterocycles. The summed E-state index contributed by atoms with van der Waals surface area (Å²) in [5.41, 5.74) is 1.06. The van der Waals surface area contributed by atoms with Crippen LogP contribution >= 0.6 is 0 Å². The lowest BCUT2D eigenvalue weighted by Crippen LogP contribution is -2.43. The van der Waals surface area contributed by atoms with E-state index in [1.807, 2.05) is 13.2 Å². The molecule has 0 aliphatic carbocycles. The van der Waals surface area contributed by atoms with Gasteiger partial charge in [0.1, 0.15) is 0 Å². The van der Waals surface area contributed by atoms with Crippen LogP contribution in [0.15, 0.2) is 18.6 Å². The number of nitrogens with one attached hydrogen (secondary N) is 1. The average Bonchev–Trinajstić information content (AvgIpc) is 2.31. The Hall–Kier alpha value is -1.00. The summed E-state index contributed by atoms with van der Waals surface area (Å²) in [4.78, 5) is 10.8. The lowest BCUT2D eigenvalue weighted by atomic mass is 10.1. The van der Waals surface area contributed by atoms with Crippen LogP contribution in [0.25, 0.3) is 0 Å². The molecule has 1 saturated heterocycles. The molecule has 2 heterocycles. The molecular weight excluding hydrogens is 188 g/mol. The van der Waals surface area contributed by atoms with Crippen LogP contribution in [0.3, 0.4) is 0 Å². The number of hydrogen-bond acceptors (Lipinski definition) is 4. The lowest BCUT2D eigenvalue weighted by Gasteiger charge is -2.32. The summed E-state index contributed by atoms with van der Waals surface area (Å²) in [6.07, 6.45) is 7.88. The van der Waals surface area contributed by atoms with Crippen LogP contribution in [0.2, 0.25) is 0 Å². The van der Waals surface area contributed by atoms with Gasteiger partial charge in [0.2, 0.25) is 0 Å². The third kappa shape index (κ3) is 2.97. The first kappa shape index (κ1) is 10.5. The number of likely N-dealkylation sites (N-methyl/N-ethyl adjacent to an activating group) is 1. The number of aromatic nitrogens is 2. The van der Waals surface area contributed by atoms with Gasteiger partial charge in [-0.2, -0.15) is 0 Å². The molecule has 1 aromatic rings. The molecule has 1 aliphatic rings. The summed E-state index contributed by atoms with van der Waals surface area (Å²) in [6.45, 7) is 3.22. The monoisotopic (exact) mass is 206 g/mol. The standard InChI is InChI=1S/C11H18N4/c1-12-10-3-2-6-15(8-10)9-11-7-13-4-5-14-11/h4-5,7,10,12H,2-3,6,8-9H2,1H3. The van der Waals surface area contributed by atoms with Gasteiger partial charge in [-0.15, -0.1) is 0 Å². The number of likely N-dealkylation sites (tertiary alicyclic amines) is 1. The molecule has 4 heteroatoms. The van der Waals surface area contributed by atoms with Crippen LogP contribution in [-0.2, 0) is 6.54 Å². The minimum Gasteiger partial charge on any atom is -0.316 e. The molecular formula is C11H18N4. The highest BCUT2D eigenvalue weighted by Crippen LogP contribution is 2.11. The molecule has 0 aromatic carbocycles. The Morgan fingerprint density at radius 1 is 1.53 bits per heavy atom. The molecule has 0 saturated carbocycles. The Bertz CT molecular complexity index is 288. The van der Waals surface area contributed by atoms with Crippen LogP contribution in [0, 0.1) is 0 Å². The zero-order valence-corrected chi connectivity index (χ0v) is 9.19. The fraction of sp³-hybridized carbons (Fsp3) is 0.636. The smallest absolute Gasteiger partial charge is 0.0726 e. The highest BCUT2D eigenvalue weighted by molar-refractivity contribution is 4.95. The first-order valence-electron chi connectivity index (χ1n) is 5.53. The first-order chi connectivity index (χ1) is 7.38. The zero-order chi connectivity index (χ0) is 10.5. The summed E-state index contributed by atoms with van der Waals surface area (Å²) in [5, 5.41) is 3.34. The normalized spacial score (nSPS) is 22.9. The van der Waals surface area contributed by atoms with E-state index in [-0.39, 0.29) is 0 Å². The minimum absolute atomic E-state index is 0.635. The van der Waals surface area contributed by atoms with E-state index in [0.29, 0.717) is 6.04 Å². The molecule has 1 N–H and O–H groups in total. The summed E-state index contributed by atoms with van der Waals surface area (Å²) in [5.74, 6) is 0. The van der Waals surface area contributed by atoms with E-state index in [0.717, 1.165) is 18.8 Å². The van der Waals surface area contributed by atoms with Crippen LogP contribution in [0.1, 0.15) is 18.5 Å². The minimum atomic E-state index is 0.635. The second-order valence-electron chi connectivity index (χ2n) is 4.06. The molecule has 1 fully saturated rings. The Morgan fingerprint density at radius 2 is 2.47 bits per heavy atom. The number of rotatable bonds is 3. The van der Waals surface area contributed by atoms with Crippen LogP contribution in [-0.4, -0.2) is 41.0 Å². The lowest BCUT2D eigenvalue weighted by molar-refractivity contribution is 0.186. The third-order valence-corrected chi connectivity index (χ3v) is 2.92. The van der Waals surface area contributed by atoms with Gasteiger partial charge in [0.15, 0.2) is 0 Å². The Kier molecular flexibility index (Phi) is 3.64. The van der Waals surface area contributed by atoms with Crippen molar-refractivity contribution in [2.24, 2.45) is 0 Å². The Balaban J connectivity index is 1.89. The van der Waals surface area contributed by atoms with E-state index in [1.54, 1.807) is 12.4 Å². The Labute approximate surface area is 90.7 Å². The quantitative estimate of drug-likeness (QED) is 0.789. The molecule has 4 nitrogen and oxygen atoms in total. The molecule has 2 rings (SSSR count). The van der Waals surface area contributed by atoms with Crippen molar-refractivity contribution in [1.29, 1.82) is 0 Å². The molecule has 1 aliphatic heterocycles. The maximum absolute atomic E-state index is 4.30. The van der Waals surface area contributed by atoms with Gasteiger partial charge in [-0.25, -0.2) is 0 Å². The molecule has 82 valence electrons.